The van der Waals surface area contributed by atoms with Crippen molar-refractivity contribution in [1.82, 2.24) is 19.2 Å². The monoisotopic (exact) mass is 531 g/mol. The molecule has 2 amide bonds. The van der Waals surface area contributed by atoms with Gasteiger partial charge in [-0.2, -0.15) is 5.10 Å². The van der Waals surface area contributed by atoms with Gasteiger partial charge in [-0.15, -0.1) is 0 Å². The van der Waals surface area contributed by atoms with E-state index in [0.717, 1.165) is 63.9 Å². The molecule has 1 aliphatic heterocycles. The molecule has 0 bridgehead atoms. The van der Waals surface area contributed by atoms with Gasteiger partial charge < -0.3 is 19.5 Å². The zero-order chi connectivity index (χ0) is 27.6. The second kappa shape index (κ2) is 10.8. The van der Waals surface area contributed by atoms with E-state index >= 15 is 0 Å². The lowest BCUT2D eigenvalue weighted by atomic mass is 10.0. The predicted octanol–water partition coefficient (Wildman–Crippen LogP) is 6.93. The molecule has 0 saturated carbocycles. The number of ether oxygens (including phenoxy) is 1. The van der Waals surface area contributed by atoms with E-state index in [1.165, 1.54) is 0 Å². The predicted molar refractivity (Wildman–Crippen MR) is 157 cm³/mol. The average molecular weight is 532 g/mol. The van der Waals surface area contributed by atoms with E-state index < -0.39 is 0 Å². The summed E-state index contributed by atoms with van der Waals surface area (Å²) < 4.78 is 9.78. The fourth-order valence-corrected chi connectivity index (χ4v) is 5.65. The Hall–Kier alpha value is -4.78. The van der Waals surface area contributed by atoms with Crippen LogP contribution in [0.4, 0.5) is 10.5 Å². The summed E-state index contributed by atoms with van der Waals surface area (Å²) in [5.74, 6) is 1.71. The summed E-state index contributed by atoms with van der Waals surface area (Å²) in [4.78, 5) is 16.2. The van der Waals surface area contributed by atoms with Gasteiger partial charge >= 0.3 is 6.03 Å². The van der Waals surface area contributed by atoms with Crippen LogP contribution in [0.1, 0.15) is 48.0 Å². The molecule has 3 heterocycles. The molecule has 7 nitrogen and oxygen atoms in total. The molecule has 7 heteroatoms. The zero-order valence-electron chi connectivity index (χ0n) is 23.0. The molecular formula is C33H33N5O2. The van der Waals surface area contributed by atoms with E-state index in [2.05, 4.69) is 60.3 Å². The van der Waals surface area contributed by atoms with Gasteiger partial charge in [0.15, 0.2) is 0 Å². The Morgan fingerprint density at radius 2 is 1.75 bits per heavy atom. The molecular weight excluding hydrogens is 498 g/mol. The van der Waals surface area contributed by atoms with Crippen LogP contribution in [0, 0.1) is 0 Å². The van der Waals surface area contributed by atoms with Gasteiger partial charge in [-0.3, -0.25) is 0 Å². The highest BCUT2D eigenvalue weighted by atomic mass is 16.5. The van der Waals surface area contributed by atoms with Crippen LogP contribution >= 0.6 is 0 Å². The molecule has 1 N–H and O–H groups in total. The van der Waals surface area contributed by atoms with Crippen LogP contribution in [0.25, 0.3) is 11.5 Å². The molecule has 6 rings (SSSR count). The van der Waals surface area contributed by atoms with E-state index in [1.54, 1.807) is 7.11 Å². The highest BCUT2D eigenvalue weighted by molar-refractivity contribution is 5.91. The highest BCUT2D eigenvalue weighted by Crippen LogP contribution is 2.39. The first-order valence-corrected chi connectivity index (χ1v) is 13.8. The first kappa shape index (κ1) is 25.5. The smallest absolute Gasteiger partial charge is 0.322 e. The van der Waals surface area contributed by atoms with Crippen LogP contribution in [0.2, 0.25) is 0 Å². The molecule has 3 aromatic carbocycles. The topological polar surface area (TPSA) is 64.3 Å². The minimum Gasteiger partial charge on any atom is -0.497 e. The quantitative estimate of drug-likeness (QED) is 0.258. The van der Waals surface area contributed by atoms with Crippen molar-refractivity contribution in [1.29, 1.82) is 0 Å². The number of anilines is 1. The summed E-state index contributed by atoms with van der Waals surface area (Å²) in [7, 11) is 1.67. The third-order valence-corrected chi connectivity index (χ3v) is 7.61. The molecule has 0 spiro atoms. The molecule has 0 saturated heterocycles. The summed E-state index contributed by atoms with van der Waals surface area (Å²) in [5, 5.41) is 8.28. The van der Waals surface area contributed by atoms with Crippen LogP contribution in [-0.2, 0) is 19.4 Å². The van der Waals surface area contributed by atoms with Gasteiger partial charge in [0.05, 0.1) is 36.8 Å². The number of aromatic nitrogens is 3. The van der Waals surface area contributed by atoms with Crippen molar-refractivity contribution in [3.8, 4) is 17.3 Å². The Kier molecular flexibility index (Phi) is 6.86. The third-order valence-electron chi connectivity index (χ3n) is 7.61. The standard InChI is InChI=1S/C33H33N5O2/c1-4-23-13-9-10-18-29(23)34-33(39)37-22-27-28(5-2)35-38(25-15-7-6-8-16-25)32(27)36-20-12-19-30(36)31(37)24-14-11-17-26(21-24)40-3/h6-21,31H,4-5,22H2,1-3H3,(H,34,39). The minimum atomic E-state index is -0.361. The summed E-state index contributed by atoms with van der Waals surface area (Å²) in [6, 6.07) is 29.7. The van der Waals surface area contributed by atoms with E-state index in [0.29, 0.717) is 6.54 Å². The van der Waals surface area contributed by atoms with Gasteiger partial charge in [-0.25, -0.2) is 9.48 Å². The van der Waals surface area contributed by atoms with Crippen molar-refractivity contribution in [2.75, 3.05) is 12.4 Å². The molecule has 0 radical (unpaired) electrons. The number of fused-ring (bicyclic) bond motifs is 3. The summed E-state index contributed by atoms with van der Waals surface area (Å²) in [6.45, 7) is 4.61. The van der Waals surface area contributed by atoms with Crippen molar-refractivity contribution in [2.45, 2.75) is 39.3 Å². The molecule has 202 valence electrons. The minimum absolute atomic E-state index is 0.163. The molecule has 1 atom stereocenters. The van der Waals surface area contributed by atoms with E-state index in [-0.39, 0.29) is 12.1 Å². The Morgan fingerprint density at radius 1 is 0.950 bits per heavy atom. The van der Waals surface area contributed by atoms with Crippen molar-refractivity contribution in [3.05, 3.63) is 125 Å². The maximum Gasteiger partial charge on any atom is 0.322 e. The van der Waals surface area contributed by atoms with Gasteiger partial charge in [0.25, 0.3) is 0 Å². The lowest BCUT2D eigenvalue weighted by Gasteiger charge is -2.31. The molecule has 1 unspecified atom stereocenters. The number of carbonyl (C=O) groups is 1. The van der Waals surface area contributed by atoms with Gasteiger partial charge in [0.2, 0.25) is 0 Å². The Bertz CT molecular complexity index is 1650. The van der Waals surface area contributed by atoms with Crippen LogP contribution in [0.15, 0.2) is 97.2 Å². The molecule has 1 aliphatic rings. The summed E-state index contributed by atoms with van der Waals surface area (Å²) in [5.41, 5.74) is 6.86. The average Bonchev–Trinajstić information content (AvgIpc) is 3.59. The van der Waals surface area contributed by atoms with Crippen LogP contribution in [0.3, 0.4) is 0 Å². The van der Waals surface area contributed by atoms with Gasteiger partial charge in [0, 0.05) is 17.4 Å². The number of nitrogens with zero attached hydrogens (tertiary/aromatic N) is 4. The number of nitrogens with one attached hydrogen (secondary N) is 1. The number of para-hydroxylation sites is 2. The van der Waals surface area contributed by atoms with Crippen molar-refractivity contribution in [3.63, 3.8) is 0 Å². The molecule has 0 aliphatic carbocycles. The first-order chi connectivity index (χ1) is 19.6. The normalized spacial score (nSPS) is 14.3. The summed E-state index contributed by atoms with van der Waals surface area (Å²) in [6.07, 6.45) is 3.64. The largest absolute Gasteiger partial charge is 0.497 e. The number of carbonyl (C=O) groups excluding carboxylic acids is 1. The number of hydrogen-bond acceptors (Lipinski definition) is 3. The van der Waals surface area contributed by atoms with Crippen LogP contribution in [0.5, 0.6) is 5.75 Å². The SMILES string of the molecule is CCc1ccccc1NC(=O)N1Cc2c(CC)nn(-c3ccccc3)c2-n2cccc2C1c1cccc(OC)c1. The Morgan fingerprint density at radius 3 is 2.52 bits per heavy atom. The second-order valence-electron chi connectivity index (χ2n) is 9.90. The van der Waals surface area contributed by atoms with Gasteiger partial charge in [-0.1, -0.05) is 62.4 Å². The first-order valence-electron chi connectivity index (χ1n) is 13.8. The van der Waals surface area contributed by atoms with Crippen molar-refractivity contribution in [2.24, 2.45) is 0 Å². The number of benzene rings is 3. The molecule has 0 fully saturated rings. The number of rotatable bonds is 6. The maximum atomic E-state index is 14.3. The number of aryl methyl sites for hydroxylation is 2. The van der Waals surface area contributed by atoms with Gasteiger partial charge in [-0.05, 0) is 66.4 Å². The Labute approximate surface area is 234 Å². The zero-order valence-corrected chi connectivity index (χ0v) is 23.0. The number of urea groups is 1. The summed E-state index contributed by atoms with van der Waals surface area (Å²) >= 11 is 0. The lowest BCUT2D eigenvalue weighted by molar-refractivity contribution is 0.194. The van der Waals surface area contributed by atoms with Crippen molar-refractivity contribution < 1.29 is 9.53 Å². The molecule has 40 heavy (non-hydrogen) atoms. The van der Waals surface area contributed by atoms with Gasteiger partial charge in [0.1, 0.15) is 11.6 Å². The molecule has 5 aromatic rings. The second-order valence-corrected chi connectivity index (χ2v) is 9.90. The third kappa shape index (κ3) is 4.43. The fourth-order valence-electron chi connectivity index (χ4n) is 5.65. The number of amides is 2. The number of hydrogen-bond donors (Lipinski definition) is 1. The number of methoxy groups -OCH3 is 1. The van der Waals surface area contributed by atoms with E-state index in [4.69, 9.17) is 9.84 Å². The highest BCUT2D eigenvalue weighted by Gasteiger charge is 2.36. The fraction of sp³-hybridized carbons (Fsp3) is 0.212. The van der Waals surface area contributed by atoms with E-state index in [9.17, 15) is 4.79 Å². The van der Waals surface area contributed by atoms with Crippen LogP contribution in [-0.4, -0.2) is 32.4 Å². The maximum absolute atomic E-state index is 14.3. The van der Waals surface area contributed by atoms with E-state index in [1.807, 2.05) is 70.2 Å². The Balaban J connectivity index is 1.56. The van der Waals surface area contributed by atoms with Crippen LogP contribution < -0.4 is 10.1 Å². The van der Waals surface area contributed by atoms with Crippen molar-refractivity contribution >= 4 is 11.7 Å². The lowest BCUT2D eigenvalue weighted by Crippen LogP contribution is -2.38. The molecule has 2 aromatic heterocycles.